The standard InChI is InChI=1S/C24H21Cl2N3O3.C11H14O/c25-17-4-1-15(2-5-17)16-3-6-20-22(11-16)32-10-9-29(24(20)31)18-12-21(26)23(27-13-18)28-8-7-19(30)14-28;1-2-12-10-6-9-11-7-4-3-5-8-11/h1-6,11-13,19,30H,7-10,14H2;3-8,10H,2,9H2,1H3/b;10-6+. The van der Waals surface area contributed by atoms with Crippen molar-refractivity contribution in [1.29, 1.82) is 0 Å². The molecule has 9 heteroatoms. The number of hydrogen-bond donors (Lipinski definition) is 1. The van der Waals surface area contributed by atoms with E-state index in [1.807, 2.05) is 72.5 Å². The Hall–Kier alpha value is -4.04. The second kappa shape index (κ2) is 15.1. The van der Waals surface area contributed by atoms with E-state index in [4.69, 9.17) is 32.7 Å². The SMILES string of the molecule is CCO/C=C/Cc1ccccc1.O=C1c2ccc(-c3ccc(Cl)cc3)cc2OCCN1c1cnc(N2CCC(O)C2)c(Cl)c1. The van der Waals surface area contributed by atoms with Crippen molar-refractivity contribution in [3.8, 4) is 16.9 Å². The number of allylic oxidation sites excluding steroid dienone is 1. The molecule has 228 valence electrons. The van der Waals surface area contributed by atoms with Gasteiger partial charge in [-0.05, 0) is 72.9 Å². The van der Waals surface area contributed by atoms with Crippen LogP contribution >= 0.6 is 23.2 Å². The van der Waals surface area contributed by atoms with E-state index >= 15 is 0 Å². The monoisotopic (exact) mass is 631 g/mol. The molecule has 1 fully saturated rings. The highest BCUT2D eigenvalue weighted by molar-refractivity contribution is 6.33. The van der Waals surface area contributed by atoms with E-state index in [1.54, 1.807) is 29.5 Å². The number of hydrogen-bond acceptors (Lipinski definition) is 6. The zero-order valence-electron chi connectivity index (χ0n) is 24.5. The molecule has 1 atom stereocenters. The fraction of sp³-hybridized carbons (Fsp3) is 0.257. The summed E-state index contributed by atoms with van der Waals surface area (Å²) in [6.07, 6.45) is 6.70. The third kappa shape index (κ3) is 7.91. The van der Waals surface area contributed by atoms with Crippen LogP contribution in [0, 0.1) is 0 Å². The summed E-state index contributed by atoms with van der Waals surface area (Å²) in [5, 5.41) is 10.9. The number of aliphatic hydroxyl groups is 1. The number of anilines is 2. The van der Waals surface area contributed by atoms with E-state index in [0.29, 0.717) is 65.5 Å². The molecule has 2 aliphatic heterocycles. The van der Waals surface area contributed by atoms with Crippen molar-refractivity contribution in [2.75, 3.05) is 42.6 Å². The summed E-state index contributed by atoms with van der Waals surface area (Å²) in [5.41, 5.74) is 4.36. The van der Waals surface area contributed by atoms with Gasteiger partial charge in [0.2, 0.25) is 0 Å². The van der Waals surface area contributed by atoms with Crippen LogP contribution in [0.2, 0.25) is 10.0 Å². The fourth-order valence-electron chi connectivity index (χ4n) is 5.08. The molecule has 2 aliphatic rings. The average Bonchev–Trinajstić information content (AvgIpc) is 3.40. The van der Waals surface area contributed by atoms with Crippen LogP contribution in [0.15, 0.2) is 97.4 Å². The van der Waals surface area contributed by atoms with Crippen LogP contribution in [0.3, 0.4) is 0 Å². The fourth-order valence-corrected chi connectivity index (χ4v) is 5.48. The molecule has 6 rings (SSSR count). The minimum atomic E-state index is -0.369. The number of halogens is 2. The minimum absolute atomic E-state index is 0.164. The third-order valence-corrected chi connectivity index (χ3v) is 7.87. The van der Waals surface area contributed by atoms with E-state index in [-0.39, 0.29) is 12.0 Å². The molecule has 0 saturated carbocycles. The number of aliphatic hydroxyl groups excluding tert-OH is 1. The van der Waals surface area contributed by atoms with E-state index in [2.05, 4.69) is 17.1 Å². The summed E-state index contributed by atoms with van der Waals surface area (Å²) in [6, 6.07) is 25.2. The first kappa shape index (κ1) is 31.4. The number of nitrogens with zero attached hydrogens (tertiary/aromatic N) is 3. The maximum atomic E-state index is 13.3. The molecule has 1 unspecified atom stereocenters. The normalized spacial score (nSPS) is 16.2. The highest BCUT2D eigenvalue weighted by Gasteiger charge is 2.28. The summed E-state index contributed by atoms with van der Waals surface area (Å²) in [4.78, 5) is 21.4. The van der Waals surface area contributed by atoms with Gasteiger partial charge in [-0.2, -0.15) is 0 Å². The second-order valence-corrected chi connectivity index (χ2v) is 11.3. The van der Waals surface area contributed by atoms with Gasteiger partial charge in [-0.25, -0.2) is 4.98 Å². The molecular formula is C35H35Cl2N3O4. The van der Waals surface area contributed by atoms with Crippen molar-refractivity contribution in [2.24, 2.45) is 0 Å². The molecule has 1 aromatic heterocycles. The van der Waals surface area contributed by atoms with Crippen LogP contribution < -0.4 is 14.5 Å². The molecule has 1 amide bonds. The van der Waals surface area contributed by atoms with Crippen LogP contribution in [0.5, 0.6) is 5.75 Å². The Balaban J connectivity index is 0.000000270. The molecule has 0 aliphatic carbocycles. The van der Waals surface area contributed by atoms with Gasteiger partial charge in [0.05, 0.1) is 48.0 Å². The largest absolute Gasteiger partial charge is 0.502 e. The molecule has 0 radical (unpaired) electrons. The lowest BCUT2D eigenvalue weighted by molar-refractivity contribution is 0.0989. The lowest BCUT2D eigenvalue weighted by atomic mass is 10.0. The van der Waals surface area contributed by atoms with E-state index in [9.17, 15) is 9.90 Å². The summed E-state index contributed by atoms with van der Waals surface area (Å²) < 4.78 is 11.0. The molecule has 7 nitrogen and oxygen atoms in total. The number of rotatable bonds is 7. The van der Waals surface area contributed by atoms with Gasteiger partial charge in [0.25, 0.3) is 5.91 Å². The molecule has 1 saturated heterocycles. The van der Waals surface area contributed by atoms with Gasteiger partial charge in [-0.3, -0.25) is 4.79 Å². The molecule has 0 spiro atoms. The third-order valence-electron chi connectivity index (χ3n) is 7.34. The molecule has 1 N–H and O–H groups in total. The molecule has 0 bridgehead atoms. The number of amides is 1. The topological polar surface area (TPSA) is 75.1 Å². The zero-order chi connectivity index (χ0) is 30.9. The Bertz CT molecular complexity index is 1580. The molecular weight excluding hydrogens is 597 g/mol. The van der Waals surface area contributed by atoms with Crippen LogP contribution in [0.4, 0.5) is 11.5 Å². The zero-order valence-corrected chi connectivity index (χ0v) is 26.0. The smallest absolute Gasteiger partial charge is 0.262 e. The highest BCUT2D eigenvalue weighted by Crippen LogP contribution is 2.34. The van der Waals surface area contributed by atoms with Crippen molar-refractivity contribution >= 4 is 40.6 Å². The first-order valence-corrected chi connectivity index (χ1v) is 15.4. The van der Waals surface area contributed by atoms with Crippen molar-refractivity contribution < 1.29 is 19.4 Å². The van der Waals surface area contributed by atoms with Crippen LogP contribution in [0.1, 0.15) is 29.3 Å². The van der Waals surface area contributed by atoms with Gasteiger partial charge in [0.1, 0.15) is 18.2 Å². The first-order chi connectivity index (χ1) is 21.4. The van der Waals surface area contributed by atoms with Crippen molar-refractivity contribution in [1.82, 2.24) is 4.98 Å². The highest BCUT2D eigenvalue weighted by atomic mass is 35.5. The number of ether oxygens (including phenoxy) is 2. The van der Waals surface area contributed by atoms with Gasteiger partial charge in [-0.15, -0.1) is 0 Å². The average molecular weight is 633 g/mol. The Labute approximate surface area is 268 Å². The maximum Gasteiger partial charge on any atom is 0.262 e. The minimum Gasteiger partial charge on any atom is -0.502 e. The lowest BCUT2D eigenvalue weighted by Crippen LogP contribution is -2.32. The molecule has 3 heterocycles. The summed E-state index contributed by atoms with van der Waals surface area (Å²) in [6.45, 7) is 4.65. The van der Waals surface area contributed by atoms with Crippen molar-refractivity contribution in [3.05, 3.63) is 119 Å². The number of β-amino-alcohol motifs (C(OH)–C–C–N with tert-alkyl or cyclic N) is 1. The number of pyridine rings is 1. The van der Waals surface area contributed by atoms with Crippen LogP contribution in [0.25, 0.3) is 11.1 Å². The lowest BCUT2D eigenvalue weighted by Gasteiger charge is -2.23. The Morgan fingerprint density at radius 1 is 1.02 bits per heavy atom. The quantitative estimate of drug-likeness (QED) is 0.214. The first-order valence-electron chi connectivity index (χ1n) is 14.7. The van der Waals surface area contributed by atoms with Crippen molar-refractivity contribution in [3.63, 3.8) is 0 Å². The molecule has 4 aromatic rings. The van der Waals surface area contributed by atoms with Crippen molar-refractivity contribution in [2.45, 2.75) is 25.9 Å². The number of benzene rings is 3. The number of fused-ring (bicyclic) bond motifs is 1. The Morgan fingerprint density at radius 3 is 2.50 bits per heavy atom. The summed E-state index contributed by atoms with van der Waals surface area (Å²) >= 11 is 12.5. The Morgan fingerprint density at radius 2 is 1.80 bits per heavy atom. The maximum absolute atomic E-state index is 13.3. The van der Waals surface area contributed by atoms with Gasteiger partial charge >= 0.3 is 0 Å². The second-order valence-electron chi connectivity index (χ2n) is 10.4. The molecule has 44 heavy (non-hydrogen) atoms. The molecule has 3 aromatic carbocycles. The van der Waals surface area contributed by atoms with Crippen LogP contribution in [-0.4, -0.2) is 54.9 Å². The van der Waals surface area contributed by atoms with Gasteiger partial charge in [0, 0.05) is 18.1 Å². The predicted octanol–water partition coefficient (Wildman–Crippen LogP) is 7.44. The van der Waals surface area contributed by atoms with Gasteiger partial charge < -0.3 is 24.4 Å². The summed E-state index contributed by atoms with van der Waals surface area (Å²) in [5.74, 6) is 1.01. The number of carbonyl (C=O) groups is 1. The summed E-state index contributed by atoms with van der Waals surface area (Å²) in [7, 11) is 0. The number of carbonyl (C=O) groups excluding carboxylic acids is 1. The van der Waals surface area contributed by atoms with E-state index in [1.165, 1.54) is 5.56 Å². The van der Waals surface area contributed by atoms with E-state index < -0.39 is 0 Å². The van der Waals surface area contributed by atoms with Gasteiger partial charge in [0.15, 0.2) is 0 Å². The van der Waals surface area contributed by atoms with Crippen LogP contribution in [-0.2, 0) is 11.2 Å². The van der Waals surface area contributed by atoms with E-state index in [0.717, 1.165) is 24.2 Å². The Kier molecular flexibility index (Phi) is 10.8. The van der Waals surface area contributed by atoms with Gasteiger partial charge in [-0.1, -0.05) is 71.7 Å². The number of aromatic nitrogens is 1. The predicted molar refractivity (Wildman–Crippen MR) is 177 cm³/mol.